The molecule has 1 atom stereocenters. The van der Waals surface area contributed by atoms with Crippen LogP contribution in [0.25, 0.3) is 0 Å². The number of aliphatic hydroxyl groups is 1. The second-order valence-corrected chi connectivity index (χ2v) is 6.33. The molecular formula is C18H19FN2O3. The molecule has 2 aromatic rings. The third kappa shape index (κ3) is 3.96. The van der Waals surface area contributed by atoms with Crippen molar-refractivity contribution in [1.29, 1.82) is 0 Å². The fourth-order valence-corrected chi connectivity index (χ4v) is 3.08. The van der Waals surface area contributed by atoms with Crippen LogP contribution in [-0.4, -0.2) is 44.8 Å². The highest BCUT2D eigenvalue weighted by atomic mass is 19.1. The molecule has 1 saturated heterocycles. The minimum atomic E-state index is -0.996. The SMILES string of the molecule is O=C(O)c1ccc(CN2CCC(O)(Cc3ccc(F)cc3)C2)nc1. The molecule has 6 heteroatoms. The van der Waals surface area contributed by atoms with E-state index in [2.05, 4.69) is 9.88 Å². The van der Waals surface area contributed by atoms with Crippen LogP contribution in [0.4, 0.5) is 4.39 Å². The van der Waals surface area contributed by atoms with E-state index in [-0.39, 0.29) is 11.4 Å². The second-order valence-electron chi connectivity index (χ2n) is 6.33. The largest absolute Gasteiger partial charge is 0.478 e. The van der Waals surface area contributed by atoms with Crippen LogP contribution in [0.15, 0.2) is 42.6 Å². The predicted molar refractivity (Wildman–Crippen MR) is 86.1 cm³/mol. The molecule has 0 bridgehead atoms. The van der Waals surface area contributed by atoms with Crippen molar-refractivity contribution >= 4 is 5.97 Å². The van der Waals surface area contributed by atoms with Gasteiger partial charge in [0.2, 0.25) is 0 Å². The minimum Gasteiger partial charge on any atom is -0.478 e. The van der Waals surface area contributed by atoms with E-state index >= 15 is 0 Å². The number of rotatable bonds is 5. The molecule has 2 N–H and O–H groups in total. The lowest BCUT2D eigenvalue weighted by Crippen LogP contribution is -2.35. The molecular weight excluding hydrogens is 311 g/mol. The molecule has 1 fully saturated rings. The Bertz CT molecular complexity index is 718. The van der Waals surface area contributed by atoms with Crippen LogP contribution >= 0.6 is 0 Å². The van der Waals surface area contributed by atoms with Crippen LogP contribution in [0, 0.1) is 5.82 Å². The first-order chi connectivity index (χ1) is 11.4. The topological polar surface area (TPSA) is 73.7 Å². The van der Waals surface area contributed by atoms with E-state index in [0.29, 0.717) is 25.9 Å². The zero-order valence-electron chi connectivity index (χ0n) is 13.2. The molecule has 2 heterocycles. The number of aromatic nitrogens is 1. The van der Waals surface area contributed by atoms with E-state index in [1.165, 1.54) is 24.4 Å². The quantitative estimate of drug-likeness (QED) is 0.878. The molecule has 0 spiro atoms. The number of carboxylic acid groups (broad SMARTS) is 1. The summed E-state index contributed by atoms with van der Waals surface area (Å²) in [5.41, 5.74) is 1.00. The summed E-state index contributed by atoms with van der Waals surface area (Å²) in [5, 5.41) is 19.6. The maximum Gasteiger partial charge on any atom is 0.337 e. The first-order valence-electron chi connectivity index (χ1n) is 7.81. The van der Waals surface area contributed by atoms with Gasteiger partial charge in [0.25, 0.3) is 0 Å². The summed E-state index contributed by atoms with van der Waals surface area (Å²) >= 11 is 0. The Morgan fingerprint density at radius 3 is 2.62 bits per heavy atom. The molecule has 3 rings (SSSR count). The van der Waals surface area contributed by atoms with Gasteiger partial charge in [0.1, 0.15) is 5.82 Å². The molecule has 24 heavy (non-hydrogen) atoms. The highest BCUT2D eigenvalue weighted by molar-refractivity contribution is 5.87. The maximum atomic E-state index is 13.0. The van der Waals surface area contributed by atoms with Crippen LogP contribution in [0.5, 0.6) is 0 Å². The Morgan fingerprint density at radius 2 is 2.00 bits per heavy atom. The Morgan fingerprint density at radius 1 is 1.25 bits per heavy atom. The lowest BCUT2D eigenvalue weighted by atomic mass is 9.94. The predicted octanol–water partition coefficient (Wildman–Crippen LogP) is 2.10. The van der Waals surface area contributed by atoms with Crippen LogP contribution in [0.2, 0.25) is 0 Å². The second kappa shape index (κ2) is 6.67. The molecule has 0 saturated carbocycles. The molecule has 1 unspecified atom stereocenters. The number of hydrogen-bond donors (Lipinski definition) is 2. The average molecular weight is 330 g/mol. The molecule has 126 valence electrons. The smallest absolute Gasteiger partial charge is 0.337 e. The summed E-state index contributed by atoms with van der Waals surface area (Å²) in [6.07, 6.45) is 2.46. The number of pyridine rings is 1. The number of nitrogens with zero attached hydrogens (tertiary/aromatic N) is 2. The Hall–Kier alpha value is -2.31. The summed E-state index contributed by atoms with van der Waals surface area (Å²) in [5.74, 6) is -1.28. The van der Waals surface area contributed by atoms with Gasteiger partial charge in [-0.15, -0.1) is 0 Å². The lowest BCUT2D eigenvalue weighted by molar-refractivity contribution is 0.0486. The third-order valence-electron chi connectivity index (χ3n) is 4.32. The van der Waals surface area contributed by atoms with Gasteiger partial charge in [-0.1, -0.05) is 12.1 Å². The summed E-state index contributed by atoms with van der Waals surface area (Å²) in [4.78, 5) is 17.1. The van der Waals surface area contributed by atoms with Gasteiger partial charge in [0.05, 0.1) is 16.9 Å². The van der Waals surface area contributed by atoms with Crippen molar-refractivity contribution in [3.05, 3.63) is 65.2 Å². The van der Waals surface area contributed by atoms with Crippen LogP contribution in [0.3, 0.4) is 0 Å². The van der Waals surface area contributed by atoms with E-state index in [4.69, 9.17) is 5.11 Å². The highest BCUT2D eigenvalue weighted by Crippen LogP contribution is 2.26. The van der Waals surface area contributed by atoms with E-state index in [0.717, 1.165) is 17.8 Å². The molecule has 1 aromatic heterocycles. The zero-order valence-corrected chi connectivity index (χ0v) is 13.2. The number of likely N-dealkylation sites (tertiary alicyclic amines) is 1. The Kier molecular flexibility index (Phi) is 4.59. The Labute approximate surface area is 139 Å². The van der Waals surface area contributed by atoms with Crippen molar-refractivity contribution in [2.75, 3.05) is 13.1 Å². The zero-order chi connectivity index (χ0) is 17.2. The summed E-state index contributed by atoms with van der Waals surface area (Å²) in [6.45, 7) is 1.80. The van der Waals surface area contributed by atoms with Gasteiger partial charge in [0, 0.05) is 32.3 Å². The van der Waals surface area contributed by atoms with Gasteiger partial charge in [0.15, 0.2) is 0 Å². The lowest BCUT2D eigenvalue weighted by Gasteiger charge is -2.23. The fraction of sp³-hybridized carbons (Fsp3) is 0.333. The van der Waals surface area contributed by atoms with E-state index in [9.17, 15) is 14.3 Å². The molecule has 0 amide bonds. The van der Waals surface area contributed by atoms with Crippen LogP contribution < -0.4 is 0 Å². The summed E-state index contributed by atoms with van der Waals surface area (Å²) in [6, 6.07) is 9.43. The number of halogens is 1. The number of β-amino-alcohol motifs (C(OH)–C–C–N with tert-alkyl or cyclic N) is 1. The molecule has 5 nitrogen and oxygen atoms in total. The van der Waals surface area contributed by atoms with Crippen molar-refractivity contribution < 1.29 is 19.4 Å². The third-order valence-corrected chi connectivity index (χ3v) is 4.32. The normalized spacial score (nSPS) is 21.1. The number of benzene rings is 1. The monoisotopic (exact) mass is 330 g/mol. The van der Waals surface area contributed by atoms with Gasteiger partial charge >= 0.3 is 5.97 Å². The Balaban J connectivity index is 1.59. The van der Waals surface area contributed by atoms with Crippen molar-refractivity contribution in [1.82, 2.24) is 9.88 Å². The molecule has 0 radical (unpaired) electrons. The van der Waals surface area contributed by atoms with Gasteiger partial charge in [-0.25, -0.2) is 9.18 Å². The van der Waals surface area contributed by atoms with Crippen molar-refractivity contribution in [2.24, 2.45) is 0 Å². The number of carbonyl (C=O) groups is 1. The summed E-state index contributed by atoms with van der Waals surface area (Å²) < 4.78 is 13.0. The van der Waals surface area contributed by atoms with Gasteiger partial charge in [-0.2, -0.15) is 0 Å². The minimum absolute atomic E-state index is 0.160. The molecule has 1 aromatic carbocycles. The van der Waals surface area contributed by atoms with Crippen molar-refractivity contribution in [3.8, 4) is 0 Å². The van der Waals surface area contributed by atoms with Gasteiger partial charge < -0.3 is 10.2 Å². The number of aromatic carboxylic acids is 1. The number of carboxylic acids is 1. The van der Waals surface area contributed by atoms with Crippen LogP contribution in [0.1, 0.15) is 28.0 Å². The van der Waals surface area contributed by atoms with Crippen LogP contribution in [-0.2, 0) is 13.0 Å². The fourth-order valence-electron chi connectivity index (χ4n) is 3.08. The molecule has 1 aliphatic heterocycles. The highest BCUT2D eigenvalue weighted by Gasteiger charge is 2.36. The summed E-state index contributed by atoms with van der Waals surface area (Å²) in [7, 11) is 0. The van der Waals surface area contributed by atoms with Gasteiger partial charge in [-0.05, 0) is 36.2 Å². The van der Waals surface area contributed by atoms with E-state index in [1.54, 1.807) is 18.2 Å². The van der Waals surface area contributed by atoms with E-state index in [1.807, 2.05) is 0 Å². The van der Waals surface area contributed by atoms with E-state index < -0.39 is 11.6 Å². The van der Waals surface area contributed by atoms with Crippen molar-refractivity contribution in [2.45, 2.75) is 25.0 Å². The number of hydrogen-bond acceptors (Lipinski definition) is 4. The standard InChI is InChI=1S/C18H19FN2O3/c19-15-4-1-13(2-5-15)9-18(24)7-8-21(12-18)11-16-6-3-14(10-20-16)17(22)23/h1-6,10,24H,7-9,11-12H2,(H,22,23). The first kappa shape index (κ1) is 16.5. The molecule has 1 aliphatic rings. The molecule has 0 aliphatic carbocycles. The van der Waals surface area contributed by atoms with Crippen molar-refractivity contribution in [3.63, 3.8) is 0 Å². The van der Waals surface area contributed by atoms with Gasteiger partial charge in [-0.3, -0.25) is 9.88 Å². The first-order valence-corrected chi connectivity index (χ1v) is 7.81. The maximum absolute atomic E-state index is 13.0. The average Bonchev–Trinajstić information content (AvgIpc) is 2.91.